The molecule has 126 valence electrons. The Labute approximate surface area is 135 Å². The van der Waals surface area contributed by atoms with E-state index in [9.17, 15) is 13.2 Å². The Morgan fingerprint density at radius 2 is 2.00 bits per heavy atom. The molecule has 0 aliphatic carbocycles. The quantitative estimate of drug-likeness (QED) is 0.566. The van der Waals surface area contributed by atoms with E-state index in [1.54, 1.807) is 0 Å². The van der Waals surface area contributed by atoms with Gasteiger partial charge in [0, 0.05) is 18.8 Å². The van der Waals surface area contributed by atoms with Crippen LogP contribution in [-0.4, -0.2) is 36.3 Å². The molecular weight excluding hydrogens is 335 g/mol. The van der Waals surface area contributed by atoms with Crippen LogP contribution >= 0.6 is 11.6 Å². The van der Waals surface area contributed by atoms with Crippen molar-refractivity contribution < 1.29 is 17.9 Å². The third-order valence-electron chi connectivity index (χ3n) is 3.08. The second-order valence-corrected chi connectivity index (χ2v) is 5.24. The fraction of sp³-hybridized carbons (Fsp3) is 0.385. The third kappa shape index (κ3) is 5.20. The molecule has 0 saturated carbocycles. The molecule has 0 aromatic heterocycles. The number of halogens is 4. The van der Waals surface area contributed by atoms with Gasteiger partial charge in [0.15, 0.2) is 5.96 Å². The van der Waals surface area contributed by atoms with Crippen LogP contribution < -0.4 is 15.8 Å². The Morgan fingerprint density at radius 1 is 1.35 bits per heavy atom. The molecule has 0 unspecified atom stereocenters. The first-order chi connectivity index (χ1) is 10.7. The number of nitrogens with two attached hydrogens (primary N) is 1. The van der Waals surface area contributed by atoms with Crippen molar-refractivity contribution in [3.05, 3.63) is 23.2 Å². The highest BCUT2D eigenvalue weighted by molar-refractivity contribution is 6.32. The normalized spacial score (nSPS) is 15.7. The van der Waals surface area contributed by atoms with Gasteiger partial charge < -0.3 is 20.7 Å². The van der Waals surface area contributed by atoms with E-state index >= 15 is 0 Å². The number of rotatable bonds is 2. The zero-order valence-electron chi connectivity index (χ0n) is 12.0. The number of guanidine groups is 2. The first-order valence-corrected chi connectivity index (χ1v) is 7.12. The fourth-order valence-electron chi connectivity index (χ4n) is 2.08. The Hall–Kier alpha value is -2.16. The van der Waals surface area contributed by atoms with Crippen LogP contribution in [0.15, 0.2) is 23.2 Å². The number of hydrogen-bond acceptors (Lipinski definition) is 2. The number of likely N-dealkylation sites (tertiary alicyclic amines) is 1. The van der Waals surface area contributed by atoms with Crippen LogP contribution in [0, 0.1) is 5.41 Å². The molecule has 23 heavy (non-hydrogen) atoms. The molecule has 0 spiro atoms. The Balaban J connectivity index is 2.01. The molecule has 1 fully saturated rings. The average molecular weight is 350 g/mol. The van der Waals surface area contributed by atoms with E-state index in [1.807, 2.05) is 4.90 Å². The molecule has 2 rings (SSSR count). The van der Waals surface area contributed by atoms with Crippen molar-refractivity contribution in [1.29, 1.82) is 5.41 Å². The van der Waals surface area contributed by atoms with E-state index < -0.39 is 12.1 Å². The molecule has 0 radical (unpaired) electrons. The second-order valence-electron chi connectivity index (χ2n) is 4.83. The largest absolute Gasteiger partial charge is 0.573 e. The van der Waals surface area contributed by atoms with E-state index in [0.717, 1.165) is 32.0 Å². The topological polar surface area (TPSA) is 86.7 Å². The summed E-state index contributed by atoms with van der Waals surface area (Å²) in [4.78, 5) is 5.75. The van der Waals surface area contributed by atoms with Crippen molar-refractivity contribution in [1.82, 2.24) is 4.90 Å². The van der Waals surface area contributed by atoms with Crippen molar-refractivity contribution in [2.45, 2.75) is 19.2 Å². The Morgan fingerprint density at radius 3 is 2.57 bits per heavy atom. The number of aliphatic imine (C=N–C) groups is 1. The number of nitrogens with one attached hydrogen (secondary N) is 2. The number of nitrogens with zero attached hydrogens (tertiary/aromatic N) is 2. The molecule has 1 heterocycles. The van der Waals surface area contributed by atoms with Crippen LogP contribution in [0.4, 0.5) is 18.9 Å². The van der Waals surface area contributed by atoms with Gasteiger partial charge >= 0.3 is 6.36 Å². The van der Waals surface area contributed by atoms with Gasteiger partial charge in [0.25, 0.3) is 0 Å². The summed E-state index contributed by atoms with van der Waals surface area (Å²) in [7, 11) is 0. The lowest BCUT2D eigenvalue weighted by Gasteiger charge is -2.16. The van der Waals surface area contributed by atoms with E-state index in [1.165, 1.54) is 12.1 Å². The summed E-state index contributed by atoms with van der Waals surface area (Å²) in [5.74, 6) is -0.533. The highest BCUT2D eigenvalue weighted by Gasteiger charge is 2.32. The molecule has 0 atom stereocenters. The highest BCUT2D eigenvalue weighted by atomic mass is 35.5. The molecule has 0 amide bonds. The maximum absolute atomic E-state index is 12.2. The summed E-state index contributed by atoms with van der Waals surface area (Å²) in [6.45, 7) is 1.58. The third-order valence-corrected chi connectivity index (χ3v) is 3.37. The summed E-state index contributed by atoms with van der Waals surface area (Å²) in [6, 6.07) is 3.56. The summed E-state index contributed by atoms with van der Waals surface area (Å²) in [5.41, 5.74) is 6.08. The van der Waals surface area contributed by atoms with Crippen LogP contribution in [0.3, 0.4) is 0 Å². The summed E-state index contributed by atoms with van der Waals surface area (Å²) >= 11 is 5.72. The minimum atomic E-state index is -4.82. The minimum Gasteiger partial charge on any atom is -0.404 e. The highest BCUT2D eigenvalue weighted by Crippen LogP contribution is 2.32. The summed E-state index contributed by atoms with van der Waals surface area (Å²) < 4.78 is 40.2. The second kappa shape index (κ2) is 6.95. The van der Waals surface area contributed by atoms with E-state index in [0.29, 0.717) is 5.69 Å². The lowest BCUT2D eigenvalue weighted by atomic mass is 10.3. The van der Waals surface area contributed by atoms with E-state index in [-0.39, 0.29) is 16.9 Å². The molecule has 4 N–H and O–H groups in total. The Kier molecular flexibility index (Phi) is 5.19. The van der Waals surface area contributed by atoms with Gasteiger partial charge in [-0.3, -0.25) is 5.41 Å². The lowest BCUT2D eigenvalue weighted by molar-refractivity contribution is -0.274. The number of alkyl halides is 3. The minimum absolute atomic E-state index is 0.225. The van der Waals surface area contributed by atoms with Gasteiger partial charge in [0.2, 0.25) is 5.96 Å². The maximum atomic E-state index is 12.2. The number of anilines is 1. The molecule has 10 heteroatoms. The van der Waals surface area contributed by atoms with Gasteiger partial charge in [0.05, 0.1) is 5.02 Å². The predicted octanol–water partition coefficient (Wildman–Crippen LogP) is 3.00. The van der Waals surface area contributed by atoms with Crippen LogP contribution in [0.5, 0.6) is 5.75 Å². The molecule has 0 bridgehead atoms. The predicted molar refractivity (Wildman–Crippen MR) is 81.9 cm³/mol. The molecule has 1 aliphatic heterocycles. The van der Waals surface area contributed by atoms with Crippen molar-refractivity contribution in [2.24, 2.45) is 10.7 Å². The van der Waals surface area contributed by atoms with Gasteiger partial charge in [-0.1, -0.05) is 11.6 Å². The average Bonchev–Trinajstić information content (AvgIpc) is 2.94. The summed E-state index contributed by atoms with van der Waals surface area (Å²) in [6.07, 6.45) is -2.78. The monoisotopic (exact) mass is 349 g/mol. The van der Waals surface area contributed by atoms with Crippen molar-refractivity contribution in [3.63, 3.8) is 0 Å². The van der Waals surface area contributed by atoms with Gasteiger partial charge in [0.1, 0.15) is 5.75 Å². The number of benzene rings is 1. The standard InChI is InChI=1S/C13H15ClF3N5O/c14-9-7-8(3-4-10(9)23-13(15,16)17)20-11(18)21-12(19)22-5-1-2-6-22/h3-4,7H,1-2,5-6H2,(H4,18,19,20,21). The fourth-order valence-corrected chi connectivity index (χ4v) is 2.30. The van der Waals surface area contributed by atoms with Crippen LogP contribution in [-0.2, 0) is 0 Å². The Bertz CT molecular complexity index is 614. The zero-order valence-corrected chi connectivity index (χ0v) is 12.7. The SMILES string of the molecule is N=C(N=C(N)N1CCCC1)Nc1ccc(OC(F)(F)F)c(Cl)c1. The van der Waals surface area contributed by atoms with Gasteiger partial charge in [-0.25, -0.2) is 0 Å². The molecule has 6 nitrogen and oxygen atoms in total. The van der Waals surface area contributed by atoms with Crippen molar-refractivity contribution in [2.75, 3.05) is 18.4 Å². The lowest BCUT2D eigenvalue weighted by Crippen LogP contribution is -2.36. The van der Waals surface area contributed by atoms with Crippen LogP contribution in [0.1, 0.15) is 12.8 Å². The van der Waals surface area contributed by atoms with Crippen molar-refractivity contribution >= 4 is 29.2 Å². The molecular formula is C13H15ClF3N5O. The van der Waals surface area contributed by atoms with E-state index in [2.05, 4.69) is 15.0 Å². The number of ether oxygens (including phenoxy) is 1. The van der Waals surface area contributed by atoms with Gasteiger partial charge in [-0.2, -0.15) is 4.99 Å². The maximum Gasteiger partial charge on any atom is 0.573 e. The molecule has 1 aromatic carbocycles. The van der Waals surface area contributed by atoms with Gasteiger partial charge in [-0.05, 0) is 31.0 Å². The molecule has 1 aromatic rings. The zero-order chi connectivity index (χ0) is 17.0. The van der Waals surface area contributed by atoms with Crippen molar-refractivity contribution in [3.8, 4) is 5.75 Å². The number of hydrogen-bond donors (Lipinski definition) is 3. The smallest absolute Gasteiger partial charge is 0.404 e. The molecule has 1 saturated heterocycles. The molecule has 1 aliphatic rings. The van der Waals surface area contributed by atoms with Crippen LogP contribution in [0.2, 0.25) is 5.02 Å². The van der Waals surface area contributed by atoms with Crippen LogP contribution in [0.25, 0.3) is 0 Å². The summed E-state index contributed by atoms with van der Waals surface area (Å²) in [5, 5.41) is 10.1. The first-order valence-electron chi connectivity index (χ1n) is 6.74. The van der Waals surface area contributed by atoms with E-state index in [4.69, 9.17) is 22.7 Å². The van der Waals surface area contributed by atoms with Gasteiger partial charge in [-0.15, -0.1) is 13.2 Å². The first kappa shape index (κ1) is 17.2.